The molecule has 0 saturated carbocycles. The van der Waals surface area contributed by atoms with Gasteiger partial charge >= 0.3 is 0 Å². The van der Waals surface area contributed by atoms with Crippen molar-refractivity contribution >= 4 is 11.4 Å². The van der Waals surface area contributed by atoms with Gasteiger partial charge < -0.3 is 15.2 Å². The minimum absolute atomic E-state index is 0.0862. The number of rotatable bonds is 8. The number of methoxy groups -OCH3 is 1. The SMILES string of the molecule is C\C=C/C(=C\C(C)=N\C(=C/C)c1ccc(O)c(OC)c1)NCCF. The van der Waals surface area contributed by atoms with Gasteiger partial charge in [0.25, 0.3) is 0 Å². The summed E-state index contributed by atoms with van der Waals surface area (Å²) >= 11 is 0. The van der Waals surface area contributed by atoms with Crippen molar-refractivity contribution in [3.63, 3.8) is 0 Å². The second-order valence-corrected chi connectivity index (χ2v) is 5.03. The third-order valence-corrected chi connectivity index (χ3v) is 3.18. The summed E-state index contributed by atoms with van der Waals surface area (Å²) in [5.41, 5.74) is 3.17. The molecule has 0 saturated heterocycles. The Morgan fingerprint density at radius 3 is 2.71 bits per heavy atom. The van der Waals surface area contributed by atoms with Crippen molar-refractivity contribution in [1.29, 1.82) is 0 Å². The van der Waals surface area contributed by atoms with E-state index in [0.29, 0.717) is 5.75 Å². The molecule has 0 atom stereocenters. The van der Waals surface area contributed by atoms with Crippen LogP contribution in [0.3, 0.4) is 0 Å². The lowest BCUT2D eigenvalue weighted by Crippen LogP contribution is -2.15. The van der Waals surface area contributed by atoms with Crippen LogP contribution < -0.4 is 10.1 Å². The molecule has 0 amide bonds. The number of phenolic OH excluding ortho intramolecular Hbond substituents is 1. The number of allylic oxidation sites excluding steroid dienone is 4. The molecule has 2 N–H and O–H groups in total. The van der Waals surface area contributed by atoms with E-state index < -0.39 is 6.67 Å². The lowest BCUT2D eigenvalue weighted by molar-refractivity contribution is 0.373. The fourth-order valence-electron chi connectivity index (χ4n) is 2.11. The van der Waals surface area contributed by atoms with Crippen molar-refractivity contribution < 1.29 is 14.2 Å². The van der Waals surface area contributed by atoms with Gasteiger partial charge in [0.05, 0.1) is 12.8 Å². The summed E-state index contributed by atoms with van der Waals surface area (Å²) in [6, 6.07) is 5.09. The van der Waals surface area contributed by atoms with Crippen molar-refractivity contribution in [1.82, 2.24) is 5.32 Å². The van der Waals surface area contributed by atoms with Crippen LogP contribution in [-0.2, 0) is 0 Å². The molecule has 0 bridgehead atoms. The van der Waals surface area contributed by atoms with Gasteiger partial charge in [-0.2, -0.15) is 0 Å². The van der Waals surface area contributed by atoms with E-state index in [1.165, 1.54) is 7.11 Å². The van der Waals surface area contributed by atoms with Crippen LogP contribution in [0.5, 0.6) is 11.5 Å². The molecular formula is C19H25FN2O2. The summed E-state index contributed by atoms with van der Waals surface area (Å²) in [7, 11) is 1.51. The van der Waals surface area contributed by atoms with Crippen molar-refractivity contribution in [2.75, 3.05) is 20.3 Å². The Morgan fingerprint density at radius 1 is 1.38 bits per heavy atom. The zero-order valence-corrected chi connectivity index (χ0v) is 14.6. The van der Waals surface area contributed by atoms with E-state index in [4.69, 9.17) is 4.74 Å². The maximum absolute atomic E-state index is 12.3. The summed E-state index contributed by atoms with van der Waals surface area (Å²) in [5, 5.41) is 12.7. The highest BCUT2D eigenvalue weighted by Gasteiger charge is 2.06. The quantitative estimate of drug-likeness (QED) is 0.553. The van der Waals surface area contributed by atoms with Crippen molar-refractivity contribution in [2.45, 2.75) is 20.8 Å². The molecule has 0 aliphatic heterocycles. The number of aliphatic imine (C=N–C) groups is 1. The van der Waals surface area contributed by atoms with E-state index in [1.54, 1.807) is 18.2 Å². The Bertz CT molecular complexity index is 661. The molecule has 1 rings (SSSR count). The molecular weight excluding hydrogens is 307 g/mol. The molecule has 24 heavy (non-hydrogen) atoms. The molecule has 5 heteroatoms. The number of phenols is 1. The Kier molecular flexibility index (Phi) is 8.33. The number of halogens is 1. The minimum Gasteiger partial charge on any atom is -0.504 e. The monoisotopic (exact) mass is 332 g/mol. The first kappa shape index (κ1) is 19.5. The number of hydrogen-bond acceptors (Lipinski definition) is 4. The number of benzene rings is 1. The summed E-state index contributed by atoms with van der Waals surface area (Å²) in [6.45, 7) is 5.50. The second kappa shape index (κ2) is 10.3. The van der Waals surface area contributed by atoms with Gasteiger partial charge in [0.2, 0.25) is 0 Å². The van der Waals surface area contributed by atoms with Gasteiger partial charge in [0, 0.05) is 23.5 Å². The van der Waals surface area contributed by atoms with Crippen LogP contribution in [0.2, 0.25) is 0 Å². The van der Waals surface area contributed by atoms with Gasteiger partial charge in [-0.15, -0.1) is 0 Å². The number of hydrogen-bond donors (Lipinski definition) is 2. The molecule has 0 unspecified atom stereocenters. The number of nitrogens with zero attached hydrogens (tertiary/aromatic N) is 1. The Balaban J connectivity index is 3.10. The number of ether oxygens (including phenoxy) is 1. The number of aromatic hydroxyl groups is 1. The zero-order chi connectivity index (χ0) is 17.9. The predicted molar refractivity (Wildman–Crippen MR) is 98.3 cm³/mol. The summed E-state index contributed by atoms with van der Waals surface area (Å²) in [6.07, 6.45) is 7.49. The number of alkyl halides is 1. The van der Waals surface area contributed by atoms with Crippen LogP contribution in [0, 0.1) is 0 Å². The first-order valence-corrected chi connectivity index (χ1v) is 7.78. The third kappa shape index (κ3) is 5.91. The van der Waals surface area contributed by atoms with Crippen molar-refractivity contribution in [3.8, 4) is 11.5 Å². The molecule has 0 radical (unpaired) electrons. The molecule has 130 valence electrons. The average Bonchev–Trinajstić information content (AvgIpc) is 2.58. The topological polar surface area (TPSA) is 53.9 Å². The van der Waals surface area contributed by atoms with E-state index in [0.717, 1.165) is 22.7 Å². The number of nitrogens with one attached hydrogen (secondary N) is 1. The molecule has 0 heterocycles. The van der Waals surface area contributed by atoms with Crippen LogP contribution in [0.25, 0.3) is 5.70 Å². The first-order valence-electron chi connectivity index (χ1n) is 7.78. The zero-order valence-electron chi connectivity index (χ0n) is 14.6. The van der Waals surface area contributed by atoms with Gasteiger partial charge in [-0.1, -0.05) is 12.2 Å². The Morgan fingerprint density at radius 2 is 2.12 bits per heavy atom. The third-order valence-electron chi connectivity index (χ3n) is 3.18. The van der Waals surface area contributed by atoms with Gasteiger partial charge in [0.1, 0.15) is 6.67 Å². The summed E-state index contributed by atoms with van der Waals surface area (Å²) < 4.78 is 17.5. The summed E-state index contributed by atoms with van der Waals surface area (Å²) in [5.74, 6) is 0.484. The molecule has 1 aromatic carbocycles. The molecule has 0 aliphatic carbocycles. The van der Waals surface area contributed by atoms with Crippen molar-refractivity contribution in [3.05, 3.63) is 53.8 Å². The largest absolute Gasteiger partial charge is 0.504 e. The van der Waals surface area contributed by atoms with Crippen molar-refractivity contribution in [2.24, 2.45) is 4.99 Å². The fraction of sp³-hybridized carbons (Fsp3) is 0.316. The van der Waals surface area contributed by atoms with E-state index in [-0.39, 0.29) is 12.3 Å². The molecule has 0 aromatic heterocycles. The summed E-state index contributed by atoms with van der Waals surface area (Å²) in [4.78, 5) is 4.60. The highest BCUT2D eigenvalue weighted by atomic mass is 19.1. The van der Waals surface area contributed by atoms with Gasteiger partial charge in [0.15, 0.2) is 11.5 Å². The Labute approximate surface area is 143 Å². The van der Waals surface area contributed by atoms with Crippen LogP contribution >= 0.6 is 0 Å². The normalized spacial score (nSPS) is 13.5. The van der Waals surface area contributed by atoms with Crippen LogP contribution in [-0.4, -0.2) is 31.1 Å². The molecule has 0 aliphatic rings. The van der Waals surface area contributed by atoms with E-state index >= 15 is 0 Å². The highest BCUT2D eigenvalue weighted by molar-refractivity contribution is 5.97. The van der Waals surface area contributed by atoms with Gasteiger partial charge in [-0.25, -0.2) is 4.39 Å². The fourth-order valence-corrected chi connectivity index (χ4v) is 2.11. The standard InChI is InChI=1S/C19H25FN2O2/c1-5-7-16(21-11-10-20)12-14(3)22-17(6-2)15-8-9-18(23)19(13-15)24-4/h5-9,12-13,21,23H,10-11H2,1-4H3/b7-5-,16-12+,17-6-,22-14+. The van der Waals surface area contributed by atoms with E-state index in [2.05, 4.69) is 10.3 Å². The average molecular weight is 332 g/mol. The highest BCUT2D eigenvalue weighted by Crippen LogP contribution is 2.29. The molecule has 0 fully saturated rings. The van der Waals surface area contributed by atoms with Gasteiger partial charge in [-0.05, 0) is 51.1 Å². The maximum Gasteiger partial charge on any atom is 0.161 e. The lowest BCUT2D eigenvalue weighted by Gasteiger charge is -2.08. The first-order chi connectivity index (χ1) is 11.5. The second-order valence-electron chi connectivity index (χ2n) is 5.03. The molecule has 4 nitrogen and oxygen atoms in total. The Hall–Kier alpha value is -2.56. The van der Waals surface area contributed by atoms with Crippen LogP contribution in [0.15, 0.2) is 53.2 Å². The van der Waals surface area contributed by atoms with Crippen LogP contribution in [0.1, 0.15) is 26.3 Å². The van der Waals surface area contributed by atoms with Crippen LogP contribution in [0.4, 0.5) is 4.39 Å². The molecule has 0 spiro atoms. The van der Waals surface area contributed by atoms with Gasteiger partial charge in [-0.3, -0.25) is 4.99 Å². The lowest BCUT2D eigenvalue weighted by atomic mass is 10.1. The molecule has 1 aromatic rings. The smallest absolute Gasteiger partial charge is 0.161 e. The van der Waals surface area contributed by atoms with E-state index in [9.17, 15) is 9.50 Å². The maximum atomic E-state index is 12.3. The predicted octanol–water partition coefficient (Wildman–Crippen LogP) is 4.24. The van der Waals surface area contributed by atoms with E-state index in [1.807, 2.05) is 45.1 Å². The minimum atomic E-state index is -0.432.